The van der Waals surface area contributed by atoms with Gasteiger partial charge in [0, 0.05) is 16.1 Å². The molecule has 136 valence electrons. The molecular formula is C21H16BrClN2O2. The van der Waals surface area contributed by atoms with E-state index in [0.29, 0.717) is 22.9 Å². The third-order valence-electron chi connectivity index (χ3n) is 3.71. The Balaban J connectivity index is 1.59. The Hall–Kier alpha value is -2.63. The third kappa shape index (κ3) is 5.42. The number of benzene rings is 3. The first-order valence-electron chi connectivity index (χ1n) is 8.17. The lowest BCUT2D eigenvalue weighted by Gasteiger charge is -2.10. The molecule has 0 unspecified atom stereocenters. The summed E-state index contributed by atoms with van der Waals surface area (Å²) in [6.45, 7) is 0.374. The Kier molecular flexibility index (Phi) is 6.63. The van der Waals surface area contributed by atoms with Gasteiger partial charge in [0.25, 0.3) is 5.91 Å². The fourth-order valence-corrected chi connectivity index (χ4v) is 3.01. The highest BCUT2D eigenvalue weighted by atomic mass is 79.9. The lowest BCUT2D eigenvalue weighted by Crippen LogP contribution is -2.17. The van der Waals surface area contributed by atoms with Gasteiger partial charge in [0.1, 0.15) is 12.4 Å². The minimum absolute atomic E-state index is 0.259. The Morgan fingerprint density at radius 3 is 2.56 bits per heavy atom. The van der Waals surface area contributed by atoms with Gasteiger partial charge in [-0.05, 0) is 57.9 Å². The molecule has 3 rings (SSSR count). The van der Waals surface area contributed by atoms with Crippen molar-refractivity contribution in [1.29, 1.82) is 0 Å². The first-order chi connectivity index (χ1) is 13.1. The van der Waals surface area contributed by atoms with Gasteiger partial charge in [-0.3, -0.25) is 4.79 Å². The van der Waals surface area contributed by atoms with Crippen LogP contribution in [-0.4, -0.2) is 12.1 Å². The molecule has 0 aliphatic heterocycles. The lowest BCUT2D eigenvalue weighted by molar-refractivity contribution is 0.0955. The highest BCUT2D eigenvalue weighted by molar-refractivity contribution is 9.10. The van der Waals surface area contributed by atoms with Crippen LogP contribution >= 0.6 is 27.5 Å². The summed E-state index contributed by atoms with van der Waals surface area (Å²) in [5.41, 5.74) is 4.80. The number of hydrogen-bond acceptors (Lipinski definition) is 3. The van der Waals surface area contributed by atoms with Gasteiger partial charge in [0.2, 0.25) is 0 Å². The molecule has 0 radical (unpaired) electrons. The van der Waals surface area contributed by atoms with Gasteiger partial charge in [0.05, 0.1) is 10.7 Å². The van der Waals surface area contributed by atoms with Crippen LogP contribution in [0.2, 0.25) is 5.02 Å². The molecular weight excluding hydrogens is 428 g/mol. The van der Waals surface area contributed by atoms with Crippen molar-refractivity contribution in [3.63, 3.8) is 0 Å². The van der Waals surface area contributed by atoms with Crippen LogP contribution < -0.4 is 10.2 Å². The van der Waals surface area contributed by atoms with Crippen LogP contribution in [0.1, 0.15) is 21.5 Å². The molecule has 3 aromatic carbocycles. The third-order valence-corrected chi connectivity index (χ3v) is 4.70. The van der Waals surface area contributed by atoms with Crippen LogP contribution in [0.15, 0.2) is 82.4 Å². The number of carbonyl (C=O) groups is 1. The fraction of sp³-hybridized carbons (Fsp3) is 0.0476. The predicted molar refractivity (Wildman–Crippen MR) is 111 cm³/mol. The molecule has 0 heterocycles. The quantitative estimate of drug-likeness (QED) is 0.407. The minimum atomic E-state index is -0.259. The van der Waals surface area contributed by atoms with Crippen LogP contribution in [0.5, 0.6) is 5.75 Å². The standard InChI is InChI=1S/C21H16BrClN2O2/c22-18-12-15(13-24-25-21(26)16-6-2-1-3-7-16)10-11-20(18)27-14-17-8-4-5-9-19(17)23/h1-13H,14H2,(H,25,26)/b24-13-. The smallest absolute Gasteiger partial charge is 0.271 e. The van der Waals surface area contributed by atoms with E-state index < -0.39 is 0 Å². The van der Waals surface area contributed by atoms with Crippen molar-refractivity contribution in [2.45, 2.75) is 6.61 Å². The topological polar surface area (TPSA) is 50.7 Å². The molecule has 0 saturated carbocycles. The van der Waals surface area contributed by atoms with E-state index in [1.165, 1.54) is 0 Å². The first kappa shape index (κ1) is 19.1. The van der Waals surface area contributed by atoms with Crippen LogP contribution in [0.25, 0.3) is 0 Å². The molecule has 0 aliphatic carbocycles. The zero-order chi connectivity index (χ0) is 19.1. The molecule has 27 heavy (non-hydrogen) atoms. The normalized spacial score (nSPS) is 10.7. The second-order valence-electron chi connectivity index (χ2n) is 5.64. The van der Waals surface area contributed by atoms with Gasteiger partial charge >= 0.3 is 0 Å². The summed E-state index contributed by atoms with van der Waals surface area (Å²) in [6.07, 6.45) is 1.57. The summed E-state index contributed by atoms with van der Waals surface area (Å²) in [6, 6.07) is 22.0. The Bertz CT molecular complexity index is 961. The number of amides is 1. The molecule has 0 atom stereocenters. The molecule has 0 bridgehead atoms. The second-order valence-corrected chi connectivity index (χ2v) is 6.90. The van der Waals surface area contributed by atoms with Gasteiger partial charge in [-0.25, -0.2) is 5.43 Å². The number of nitrogens with one attached hydrogen (secondary N) is 1. The number of halogens is 2. The molecule has 0 aromatic heterocycles. The summed E-state index contributed by atoms with van der Waals surface area (Å²) < 4.78 is 6.60. The molecule has 0 spiro atoms. The summed E-state index contributed by atoms with van der Waals surface area (Å²) in [5.74, 6) is 0.436. The molecule has 6 heteroatoms. The van der Waals surface area contributed by atoms with Gasteiger partial charge in [0.15, 0.2) is 0 Å². The maximum absolute atomic E-state index is 11.9. The van der Waals surface area contributed by atoms with E-state index in [2.05, 4.69) is 26.5 Å². The van der Waals surface area contributed by atoms with Crippen molar-refractivity contribution in [3.05, 3.63) is 99.0 Å². The largest absolute Gasteiger partial charge is 0.488 e. The maximum atomic E-state index is 11.9. The van der Waals surface area contributed by atoms with Gasteiger partial charge in [-0.15, -0.1) is 0 Å². The average molecular weight is 444 g/mol. The number of carbonyl (C=O) groups excluding carboxylic acids is 1. The lowest BCUT2D eigenvalue weighted by atomic mass is 10.2. The number of hydrazone groups is 1. The van der Waals surface area contributed by atoms with E-state index in [4.69, 9.17) is 16.3 Å². The minimum Gasteiger partial charge on any atom is -0.488 e. The molecule has 3 aromatic rings. The summed E-state index contributed by atoms with van der Waals surface area (Å²) in [4.78, 5) is 11.9. The van der Waals surface area contributed by atoms with Crippen LogP contribution in [-0.2, 0) is 6.61 Å². The summed E-state index contributed by atoms with van der Waals surface area (Å²) >= 11 is 9.63. The number of nitrogens with zero attached hydrogens (tertiary/aromatic N) is 1. The molecule has 0 fully saturated rings. The molecule has 1 amide bonds. The fourth-order valence-electron chi connectivity index (χ4n) is 2.30. The van der Waals surface area contributed by atoms with Crippen molar-refractivity contribution >= 4 is 39.7 Å². The van der Waals surface area contributed by atoms with Crippen molar-refractivity contribution in [2.75, 3.05) is 0 Å². The molecule has 4 nitrogen and oxygen atoms in total. The first-order valence-corrected chi connectivity index (χ1v) is 9.35. The van der Waals surface area contributed by atoms with Gasteiger partial charge < -0.3 is 4.74 Å². The van der Waals surface area contributed by atoms with Gasteiger partial charge in [-0.1, -0.05) is 48.0 Å². The summed E-state index contributed by atoms with van der Waals surface area (Å²) in [5, 5.41) is 4.66. The zero-order valence-corrected chi connectivity index (χ0v) is 16.6. The van der Waals surface area contributed by atoms with E-state index in [1.54, 1.807) is 30.5 Å². The Morgan fingerprint density at radius 1 is 1.07 bits per heavy atom. The monoisotopic (exact) mass is 442 g/mol. The Labute approximate surface area is 171 Å². The van der Waals surface area contributed by atoms with Crippen molar-refractivity contribution in [2.24, 2.45) is 5.10 Å². The van der Waals surface area contributed by atoms with Crippen LogP contribution in [0.4, 0.5) is 0 Å². The van der Waals surface area contributed by atoms with E-state index in [-0.39, 0.29) is 5.91 Å². The zero-order valence-electron chi connectivity index (χ0n) is 14.2. The number of hydrogen-bond donors (Lipinski definition) is 1. The van der Waals surface area contributed by atoms with Crippen molar-refractivity contribution < 1.29 is 9.53 Å². The van der Waals surface area contributed by atoms with E-state index in [9.17, 15) is 4.79 Å². The highest BCUT2D eigenvalue weighted by Gasteiger charge is 2.05. The molecule has 1 N–H and O–H groups in total. The van der Waals surface area contributed by atoms with Crippen LogP contribution in [0.3, 0.4) is 0 Å². The van der Waals surface area contributed by atoms with E-state index in [0.717, 1.165) is 15.6 Å². The van der Waals surface area contributed by atoms with Crippen LogP contribution in [0, 0.1) is 0 Å². The summed E-state index contributed by atoms with van der Waals surface area (Å²) in [7, 11) is 0. The van der Waals surface area contributed by atoms with E-state index >= 15 is 0 Å². The van der Waals surface area contributed by atoms with Gasteiger partial charge in [-0.2, -0.15) is 5.10 Å². The van der Waals surface area contributed by atoms with Crippen molar-refractivity contribution in [3.8, 4) is 5.75 Å². The second kappa shape index (κ2) is 9.35. The number of ether oxygens (including phenoxy) is 1. The SMILES string of the molecule is O=C(N/N=C\c1ccc(OCc2ccccc2Cl)c(Br)c1)c1ccccc1. The molecule has 0 aliphatic rings. The highest BCUT2D eigenvalue weighted by Crippen LogP contribution is 2.27. The maximum Gasteiger partial charge on any atom is 0.271 e. The number of rotatable bonds is 6. The van der Waals surface area contributed by atoms with Crippen molar-refractivity contribution in [1.82, 2.24) is 5.43 Å². The predicted octanol–water partition coefficient (Wildman–Crippen LogP) is 5.45. The molecule has 0 saturated heterocycles. The average Bonchev–Trinajstić information content (AvgIpc) is 2.69. The van der Waals surface area contributed by atoms with E-state index in [1.807, 2.05) is 48.5 Å². The Morgan fingerprint density at radius 2 is 1.81 bits per heavy atom.